The van der Waals surface area contributed by atoms with Gasteiger partial charge in [0.05, 0.1) is 6.33 Å². The van der Waals surface area contributed by atoms with Crippen molar-refractivity contribution in [1.82, 2.24) is 24.8 Å². The lowest BCUT2D eigenvalue weighted by atomic mass is 9.74. The summed E-state index contributed by atoms with van der Waals surface area (Å²) in [5, 5.41) is 0. The number of fused-ring (bicyclic) bond motifs is 5. The second kappa shape index (κ2) is 6.37. The van der Waals surface area contributed by atoms with Crippen LogP contribution in [0.25, 0.3) is 11.2 Å². The van der Waals surface area contributed by atoms with E-state index in [4.69, 9.17) is 5.73 Å². The van der Waals surface area contributed by atoms with Crippen LogP contribution in [0, 0.1) is 11.8 Å². The fourth-order valence-corrected chi connectivity index (χ4v) is 5.79. The average molecular weight is 355 g/mol. The van der Waals surface area contributed by atoms with Crippen molar-refractivity contribution in [3.05, 3.63) is 6.33 Å². The molecule has 0 saturated carbocycles. The Morgan fingerprint density at radius 3 is 3.04 bits per heavy atom. The van der Waals surface area contributed by atoms with Crippen molar-refractivity contribution in [2.24, 2.45) is 11.8 Å². The summed E-state index contributed by atoms with van der Waals surface area (Å²) in [4.78, 5) is 21.6. The van der Waals surface area contributed by atoms with Crippen LogP contribution >= 0.6 is 0 Å². The van der Waals surface area contributed by atoms with E-state index in [2.05, 4.69) is 36.7 Å². The molecule has 7 heteroatoms. The maximum Gasteiger partial charge on any atom is 0.224 e. The number of nitrogens with two attached hydrogens (primary N) is 1. The molecule has 140 valence electrons. The molecule has 3 aliphatic rings. The van der Waals surface area contributed by atoms with Gasteiger partial charge in [-0.3, -0.25) is 4.90 Å². The van der Waals surface area contributed by atoms with Crippen LogP contribution in [0.5, 0.6) is 0 Å². The van der Waals surface area contributed by atoms with Crippen LogP contribution in [0.4, 0.5) is 11.8 Å². The maximum absolute atomic E-state index is 5.95. The number of aromatic nitrogens is 4. The Labute approximate surface area is 154 Å². The molecule has 0 radical (unpaired) electrons. The summed E-state index contributed by atoms with van der Waals surface area (Å²) in [6, 6.07) is 1.56. The number of nitrogen functional groups attached to an aromatic ring is 1. The number of H-pyrrole nitrogens is 1. The van der Waals surface area contributed by atoms with E-state index in [0.717, 1.165) is 48.3 Å². The van der Waals surface area contributed by atoms with E-state index < -0.39 is 0 Å². The third kappa shape index (κ3) is 2.64. The Kier molecular flexibility index (Phi) is 3.99. The van der Waals surface area contributed by atoms with E-state index >= 15 is 0 Å². The number of hydrogen-bond donors (Lipinski definition) is 2. The fraction of sp³-hybridized carbons (Fsp3) is 0.737. The molecule has 3 aliphatic heterocycles. The van der Waals surface area contributed by atoms with Crippen molar-refractivity contribution in [3.8, 4) is 0 Å². The Morgan fingerprint density at radius 1 is 1.23 bits per heavy atom. The van der Waals surface area contributed by atoms with Gasteiger partial charge in [0.25, 0.3) is 0 Å². The third-order valence-electron chi connectivity index (χ3n) is 6.72. The van der Waals surface area contributed by atoms with Crippen LogP contribution in [-0.4, -0.2) is 56.6 Å². The molecule has 0 aromatic carbocycles. The summed E-state index contributed by atoms with van der Waals surface area (Å²) in [5.41, 5.74) is 7.54. The number of hydrogen-bond acceptors (Lipinski definition) is 6. The number of anilines is 2. The van der Waals surface area contributed by atoms with E-state index in [1.165, 1.54) is 45.1 Å². The lowest BCUT2D eigenvalue weighted by molar-refractivity contribution is -0.0215. The normalized spacial score (nSPS) is 32.0. The van der Waals surface area contributed by atoms with E-state index in [0.29, 0.717) is 11.6 Å². The molecule has 2 aromatic rings. The van der Waals surface area contributed by atoms with Crippen molar-refractivity contribution in [1.29, 1.82) is 0 Å². The van der Waals surface area contributed by atoms with Crippen LogP contribution in [-0.2, 0) is 0 Å². The molecule has 4 atom stereocenters. The van der Waals surface area contributed by atoms with Crippen molar-refractivity contribution in [2.75, 3.05) is 30.3 Å². The molecule has 2 bridgehead atoms. The highest BCUT2D eigenvalue weighted by molar-refractivity contribution is 5.84. The Bertz CT molecular complexity index is 785. The number of nitrogens with zero attached hydrogens (tertiary/aromatic N) is 5. The minimum Gasteiger partial charge on any atom is -0.368 e. The molecule has 26 heavy (non-hydrogen) atoms. The van der Waals surface area contributed by atoms with Crippen molar-refractivity contribution >= 4 is 22.9 Å². The van der Waals surface area contributed by atoms with Crippen LogP contribution in [0.15, 0.2) is 6.33 Å². The van der Waals surface area contributed by atoms with Gasteiger partial charge in [-0.15, -0.1) is 0 Å². The number of nitrogens with one attached hydrogen (secondary N) is 1. The quantitative estimate of drug-likeness (QED) is 0.879. The molecule has 3 saturated heterocycles. The van der Waals surface area contributed by atoms with Gasteiger partial charge in [-0.05, 0) is 37.5 Å². The first-order valence-electron chi connectivity index (χ1n) is 10.2. The number of imidazole rings is 1. The molecule has 0 spiro atoms. The third-order valence-corrected chi connectivity index (χ3v) is 6.72. The second-order valence-corrected chi connectivity index (χ2v) is 8.41. The summed E-state index contributed by atoms with van der Waals surface area (Å²) < 4.78 is 0. The summed E-state index contributed by atoms with van der Waals surface area (Å²) in [6.45, 7) is 5.70. The topological polar surface area (TPSA) is 87.0 Å². The van der Waals surface area contributed by atoms with Gasteiger partial charge in [0.15, 0.2) is 11.5 Å². The van der Waals surface area contributed by atoms with Crippen LogP contribution in [0.1, 0.15) is 45.4 Å². The molecule has 3 N–H and O–H groups in total. The lowest BCUT2D eigenvalue weighted by Crippen LogP contribution is -2.61. The number of piperidine rings is 3. The van der Waals surface area contributed by atoms with Gasteiger partial charge in [-0.25, -0.2) is 4.98 Å². The van der Waals surface area contributed by atoms with E-state index in [-0.39, 0.29) is 0 Å². The minimum atomic E-state index is 0.317. The summed E-state index contributed by atoms with van der Waals surface area (Å²) in [6.07, 6.45) is 9.85. The van der Waals surface area contributed by atoms with Gasteiger partial charge >= 0.3 is 0 Å². The second-order valence-electron chi connectivity index (χ2n) is 8.41. The lowest BCUT2D eigenvalue weighted by Gasteiger charge is -2.55. The first-order chi connectivity index (χ1) is 12.7. The first kappa shape index (κ1) is 16.3. The summed E-state index contributed by atoms with van der Waals surface area (Å²) >= 11 is 0. The highest BCUT2D eigenvalue weighted by Gasteiger charge is 2.44. The van der Waals surface area contributed by atoms with Crippen LogP contribution < -0.4 is 10.6 Å². The molecule has 7 nitrogen and oxygen atoms in total. The fourth-order valence-electron chi connectivity index (χ4n) is 5.79. The van der Waals surface area contributed by atoms with Crippen molar-refractivity contribution in [2.45, 2.75) is 57.5 Å². The summed E-state index contributed by atoms with van der Waals surface area (Å²) in [5.74, 6) is 2.71. The van der Waals surface area contributed by atoms with Crippen LogP contribution in [0.2, 0.25) is 0 Å². The molecule has 0 aliphatic carbocycles. The van der Waals surface area contributed by atoms with Crippen LogP contribution in [0.3, 0.4) is 0 Å². The zero-order valence-electron chi connectivity index (χ0n) is 15.6. The Morgan fingerprint density at radius 2 is 2.15 bits per heavy atom. The molecule has 5 rings (SSSR count). The predicted octanol–water partition coefficient (Wildman–Crippen LogP) is 2.41. The summed E-state index contributed by atoms with van der Waals surface area (Å²) in [7, 11) is 0. The largest absolute Gasteiger partial charge is 0.368 e. The van der Waals surface area contributed by atoms with E-state index in [1.54, 1.807) is 6.33 Å². The van der Waals surface area contributed by atoms with Gasteiger partial charge in [0, 0.05) is 31.7 Å². The Balaban J connectivity index is 1.43. The first-order valence-corrected chi connectivity index (χ1v) is 10.2. The highest BCUT2D eigenvalue weighted by Crippen LogP contribution is 2.41. The molecular weight excluding hydrogens is 326 g/mol. The zero-order chi connectivity index (χ0) is 17.7. The molecule has 5 heterocycles. The standard InChI is InChI=1S/C19H29N7/c1-2-4-14-5-3-6-15-13-7-12(9-26(14)15)8-25(10-13)18-16-17(22-11-21-16)23-19(20)24-18/h11-15H,2-10H2,1H3,(H3,20,21,22,23,24)/t12-,13+,14-,15-/m0/s1. The number of aromatic amines is 1. The number of rotatable bonds is 3. The van der Waals surface area contributed by atoms with Gasteiger partial charge in [-0.2, -0.15) is 9.97 Å². The van der Waals surface area contributed by atoms with Crippen molar-refractivity contribution < 1.29 is 0 Å². The van der Waals surface area contributed by atoms with Crippen molar-refractivity contribution in [3.63, 3.8) is 0 Å². The molecule has 3 fully saturated rings. The predicted molar refractivity (Wildman–Crippen MR) is 103 cm³/mol. The smallest absolute Gasteiger partial charge is 0.224 e. The average Bonchev–Trinajstić information content (AvgIpc) is 3.10. The monoisotopic (exact) mass is 355 g/mol. The van der Waals surface area contributed by atoms with Gasteiger partial charge in [0.2, 0.25) is 5.95 Å². The molecule has 0 unspecified atom stereocenters. The molecule has 2 aromatic heterocycles. The van der Waals surface area contributed by atoms with E-state index in [1.807, 2.05) is 0 Å². The molecule has 0 amide bonds. The maximum atomic E-state index is 5.95. The Hall–Kier alpha value is -1.89. The highest BCUT2D eigenvalue weighted by atomic mass is 15.3. The van der Waals surface area contributed by atoms with Gasteiger partial charge in [0.1, 0.15) is 5.52 Å². The minimum absolute atomic E-state index is 0.317. The zero-order valence-corrected chi connectivity index (χ0v) is 15.6. The van der Waals surface area contributed by atoms with E-state index in [9.17, 15) is 0 Å². The van der Waals surface area contributed by atoms with Gasteiger partial charge in [-0.1, -0.05) is 19.8 Å². The SMILES string of the molecule is CCC[C@H]1CCC[C@H]2[C@@H]3C[C@@H](CN(c4nc(N)nc5nc[nH]c45)C3)CN12. The van der Waals surface area contributed by atoms with Gasteiger partial charge < -0.3 is 15.6 Å². The molecular formula is C19H29N7.